The fourth-order valence-electron chi connectivity index (χ4n) is 2.13. The van der Waals surface area contributed by atoms with Gasteiger partial charge in [-0.15, -0.1) is 0 Å². The highest BCUT2D eigenvalue weighted by Gasteiger charge is 2.30. The number of nitrogens with one attached hydrogen (secondary N) is 1. The van der Waals surface area contributed by atoms with Crippen molar-refractivity contribution >= 4 is 0 Å². The van der Waals surface area contributed by atoms with Crippen LogP contribution in [0.4, 0.5) is 0 Å². The first kappa shape index (κ1) is 9.69. The van der Waals surface area contributed by atoms with Crippen LogP contribution in [0.15, 0.2) is 24.3 Å². The van der Waals surface area contributed by atoms with E-state index in [1.54, 1.807) is 0 Å². The third kappa shape index (κ3) is 1.68. The molecule has 0 aliphatic heterocycles. The molecule has 0 amide bonds. The lowest BCUT2D eigenvalue weighted by molar-refractivity contribution is 0.137. The van der Waals surface area contributed by atoms with Crippen LogP contribution in [-0.2, 0) is 6.42 Å². The van der Waals surface area contributed by atoms with E-state index in [0.29, 0.717) is 6.04 Å². The standard InChI is InChI=1S/C12H17NO/c1-8(2)13-12-10-6-4-3-5-9(10)7-11(12)14/h3-6,8,11-14H,7H2,1-2H3/t11-,12+/m0/s1. The van der Waals surface area contributed by atoms with Crippen LogP contribution in [0.1, 0.15) is 31.0 Å². The van der Waals surface area contributed by atoms with E-state index in [2.05, 4.69) is 31.3 Å². The van der Waals surface area contributed by atoms with Crippen molar-refractivity contribution in [1.29, 1.82) is 0 Å². The van der Waals surface area contributed by atoms with Gasteiger partial charge in [0.25, 0.3) is 0 Å². The predicted molar refractivity (Wildman–Crippen MR) is 57.2 cm³/mol. The number of hydrogen-bond donors (Lipinski definition) is 2. The van der Waals surface area contributed by atoms with Gasteiger partial charge in [-0.1, -0.05) is 38.1 Å². The van der Waals surface area contributed by atoms with Crippen molar-refractivity contribution < 1.29 is 5.11 Å². The average Bonchev–Trinajstić information content (AvgIpc) is 2.43. The first-order chi connectivity index (χ1) is 6.68. The van der Waals surface area contributed by atoms with Gasteiger partial charge in [0.15, 0.2) is 0 Å². The van der Waals surface area contributed by atoms with Crippen LogP contribution in [0, 0.1) is 0 Å². The number of fused-ring (bicyclic) bond motifs is 1. The van der Waals surface area contributed by atoms with Crippen molar-refractivity contribution in [3.63, 3.8) is 0 Å². The molecule has 2 atom stereocenters. The van der Waals surface area contributed by atoms with E-state index in [0.717, 1.165) is 6.42 Å². The highest BCUT2D eigenvalue weighted by Crippen LogP contribution is 2.31. The minimum Gasteiger partial charge on any atom is -0.391 e. The topological polar surface area (TPSA) is 32.3 Å². The van der Waals surface area contributed by atoms with Crippen molar-refractivity contribution in [3.8, 4) is 0 Å². The molecule has 1 aliphatic carbocycles. The van der Waals surface area contributed by atoms with Gasteiger partial charge in [0, 0.05) is 12.5 Å². The van der Waals surface area contributed by atoms with Crippen molar-refractivity contribution in [1.82, 2.24) is 5.32 Å². The summed E-state index contributed by atoms with van der Waals surface area (Å²) in [5.41, 5.74) is 2.53. The highest BCUT2D eigenvalue weighted by atomic mass is 16.3. The van der Waals surface area contributed by atoms with E-state index in [9.17, 15) is 5.11 Å². The molecule has 0 spiro atoms. The quantitative estimate of drug-likeness (QED) is 0.745. The van der Waals surface area contributed by atoms with E-state index in [-0.39, 0.29) is 12.1 Å². The zero-order valence-electron chi connectivity index (χ0n) is 8.70. The van der Waals surface area contributed by atoms with Gasteiger partial charge in [-0.2, -0.15) is 0 Å². The summed E-state index contributed by atoms with van der Waals surface area (Å²) in [5, 5.41) is 13.3. The van der Waals surface area contributed by atoms with Gasteiger partial charge in [-0.3, -0.25) is 0 Å². The first-order valence-electron chi connectivity index (χ1n) is 5.20. The molecular formula is C12H17NO. The van der Waals surface area contributed by atoms with Gasteiger partial charge in [-0.25, -0.2) is 0 Å². The van der Waals surface area contributed by atoms with Crippen molar-refractivity contribution in [2.45, 2.75) is 38.5 Å². The molecule has 0 radical (unpaired) electrons. The molecule has 0 aromatic heterocycles. The first-order valence-corrected chi connectivity index (χ1v) is 5.20. The zero-order chi connectivity index (χ0) is 10.1. The molecule has 2 N–H and O–H groups in total. The summed E-state index contributed by atoms with van der Waals surface area (Å²) >= 11 is 0. The van der Waals surface area contributed by atoms with E-state index in [1.165, 1.54) is 11.1 Å². The summed E-state index contributed by atoms with van der Waals surface area (Å²) in [6.07, 6.45) is 0.510. The lowest BCUT2D eigenvalue weighted by Gasteiger charge is -2.20. The van der Waals surface area contributed by atoms with Gasteiger partial charge in [0.05, 0.1) is 12.1 Å². The average molecular weight is 191 g/mol. The maximum Gasteiger partial charge on any atom is 0.0775 e. The smallest absolute Gasteiger partial charge is 0.0775 e. The number of rotatable bonds is 2. The molecule has 76 valence electrons. The Morgan fingerprint density at radius 2 is 2.07 bits per heavy atom. The van der Waals surface area contributed by atoms with Crippen LogP contribution in [0.25, 0.3) is 0 Å². The summed E-state index contributed by atoms with van der Waals surface area (Å²) in [5.74, 6) is 0. The molecule has 2 rings (SSSR count). The van der Waals surface area contributed by atoms with E-state index in [4.69, 9.17) is 0 Å². The molecule has 1 aromatic carbocycles. The van der Waals surface area contributed by atoms with Crippen molar-refractivity contribution in [2.75, 3.05) is 0 Å². The molecule has 1 aliphatic rings. The third-order valence-corrected chi connectivity index (χ3v) is 2.72. The molecule has 0 fully saturated rings. The summed E-state index contributed by atoms with van der Waals surface area (Å²) in [4.78, 5) is 0. The van der Waals surface area contributed by atoms with Gasteiger partial charge in [0.1, 0.15) is 0 Å². The Morgan fingerprint density at radius 1 is 1.36 bits per heavy atom. The van der Waals surface area contributed by atoms with Crippen molar-refractivity contribution in [2.24, 2.45) is 0 Å². The second-order valence-electron chi connectivity index (χ2n) is 4.27. The summed E-state index contributed by atoms with van der Waals surface area (Å²) in [6, 6.07) is 8.79. The van der Waals surface area contributed by atoms with Crippen LogP contribution in [0.5, 0.6) is 0 Å². The van der Waals surface area contributed by atoms with Crippen LogP contribution in [0.3, 0.4) is 0 Å². The lowest BCUT2D eigenvalue weighted by Crippen LogP contribution is -2.33. The van der Waals surface area contributed by atoms with E-state index >= 15 is 0 Å². The van der Waals surface area contributed by atoms with Gasteiger partial charge in [0.2, 0.25) is 0 Å². The minimum atomic E-state index is -0.269. The summed E-state index contributed by atoms with van der Waals surface area (Å²) in [7, 11) is 0. The summed E-state index contributed by atoms with van der Waals surface area (Å²) < 4.78 is 0. The van der Waals surface area contributed by atoms with E-state index in [1.807, 2.05) is 12.1 Å². The summed E-state index contributed by atoms with van der Waals surface area (Å²) in [6.45, 7) is 4.21. The second kappa shape index (κ2) is 3.71. The molecule has 0 bridgehead atoms. The van der Waals surface area contributed by atoms with Crippen molar-refractivity contribution in [3.05, 3.63) is 35.4 Å². The van der Waals surface area contributed by atoms with Crippen LogP contribution < -0.4 is 5.32 Å². The Morgan fingerprint density at radius 3 is 2.79 bits per heavy atom. The Hall–Kier alpha value is -0.860. The molecule has 0 saturated heterocycles. The predicted octanol–water partition coefficient (Wildman–Crippen LogP) is 1.64. The Kier molecular flexibility index (Phi) is 2.57. The molecule has 0 unspecified atom stereocenters. The molecular weight excluding hydrogens is 174 g/mol. The van der Waals surface area contributed by atoms with E-state index < -0.39 is 0 Å². The fraction of sp³-hybridized carbons (Fsp3) is 0.500. The number of aliphatic hydroxyl groups is 1. The second-order valence-corrected chi connectivity index (χ2v) is 4.27. The normalized spacial score (nSPS) is 25.4. The number of aliphatic hydroxyl groups excluding tert-OH is 1. The van der Waals surface area contributed by atoms with Crippen LogP contribution in [0.2, 0.25) is 0 Å². The minimum absolute atomic E-state index is 0.117. The molecule has 1 aromatic rings. The molecule has 14 heavy (non-hydrogen) atoms. The molecule has 2 heteroatoms. The number of benzene rings is 1. The third-order valence-electron chi connectivity index (χ3n) is 2.72. The maximum atomic E-state index is 9.90. The number of hydrogen-bond acceptors (Lipinski definition) is 2. The molecule has 2 nitrogen and oxygen atoms in total. The van der Waals surface area contributed by atoms with Gasteiger partial charge >= 0.3 is 0 Å². The Labute approximate surface area is 85.0 Å². The SMILES string of the molecule is CC(C)N[C@@H]1c2ccccc2C[C@@H]1O. The fourth-order valence-corrected chi connectivity index (χ4v) is 2.13. The maximum absolute atomic E-state index is 9.90. The Bertz CT molecular complexity index is 322. The van der Waals surface area contributed by atoms with Gasteiger partial charge < -0.3 is 10.4 Å². The Balaban J connectivity index is 2.25. The largest absolute Gasteiger partial charge is 0.391 e. The molecule has 0 saturated carbocycles. The lowest BCUT2D eigenvalue weighted by atomic mass is 10.1. The van der Waals surface area contributed by atoms with Gasteiger partial charge in [-0.05, 0) is 11.1 Å². The van der Waals surface area contributed by atoms with Crippen LogP contribution >= 0.6 is 0 Å². The zero-order valence-corrected chi connectivity index (χ0v) is 8.70. The molecule has 0 heterocycles. The highest BCUT2D eigenvalue weighted by molar-refractivity contribution is 5.36. The van der Waals surface area contributed by atoms with Crippen LogP contribution in [-0.4, -0.2) is 17.3 Å². The monoisotopic (exact) mass is 191 g/mol.